The number of methoxy groups -OCH3 is 2. The molecule has 190 valence electrons. The molecule has 3 aromatic rings. The van der Waals surface area contributed by atoms with E-state index >= 15 is 0 Å². The standard InChI is InChI=1S/C28H37NO6/c1-20-6-8-24-25(19-22(3)29-27(24)28(20)35-17-15-33-13-11-31-5)23-7-9-26(21(2)18-23)34-16-14-32-12-10-30-4/h6-9,18-19H,10-17H2,1-5H3. The average molecular weight is 484 g/mol. The Morgan fingerprint density at radius 3 is 1.97 bits per heavy atom. The van der Waals surface area contributed by atoms with Gasteiger partial charge < -0.3 is 28.4 Å². The SMILES string of the molecule is COCCOCCOc1ccc(-c2cc(C)nc3c(OCCOCCOC)c(C)ccc23)cc1C. The Bertz CT molecular complexity index is 1080. The van der Waals surface area contributed by atoms with Gasteiger partial charge in [-0.2, -0.15) is 0 Å². The summed E-state index contributed by atoms with van der Waals surface area (Å²) in [4.78, 5) is 4.83. The van der Waals surface area contributed by atoms with Gasteiger partial charge in [0.25, 0.3) is 0 Å². The smallest absolute Gasteiger partial charge is 0.148 e. The van der Waals surface area contributed by atoms with Crippen LogP contribution in [0.3, 0.4) is 0 Å². The molecular formula is C28H37NO6. The van der Waals surface area contributed by atoms with Crippen LogP contribution in [-0.4, -0.2) is 72.1 Å². The van der Waals surface area contributed by atoms with Gasteiger partial charge in [-0.3, -0.25) is 0 Å². The maximum atomic E-state index is 6.13. The van der Waals surface area contributed by atoms with Gasteiger partial charge in [0, 0.05) is 25.3 Å². The van der Waals surface area contributed by atoms with Crippen LogP contribution in [0.15, 0.2) is 36.4 Å². The van der Waals surface area contributed by atoms with E-state index in [-0.39, 0.29) is 0 Å². The summed E-state index contributed by atoms with van der Waals surface area (Å²) in [6.45, 7) is 10.4. The van der Waals surface area contributed by atoms with E-state index in [4.69, 9.17) is 33.4 Å². The van der Waals surface area contributed by atoms with Gasteiger partial charge in [0.15, 0.2) is 0 Å². The fourth-order valence-electron chi connectivity index (χ4n) is 3.80. The molecule has 3 rings (SSSR count). The van der Waals surface area contributed by atoms with Crippen LogP contribution in [0, 0.1) is 20.8 Å². The third kappa shape index (κ3) is 7.64. The molecule has 0 aliphatic carbocycles. The van der Waals surface area contributed by atoms with E-state index < -0.39 is 0 Å². The highest BCUT2D eigenvalue weighted by Crippen LogP contribution is 2.36. The summed E-state index contributed by atoms with van der Waals surface area (Å²) in [5, 5.41) is 1.05. The van der Waals surface area contributed by atoms with E-state index in [2.05, 4.69) is 37.3 Å². The summed E-state index contributed by atoms with van der Waals surface area (Å²) in [7, 11) is 3.32. The monoisotopic (exact) mass is 483 g/mol. The second-order valence-corrected chi connectivity index (χ2v) is 8.31. The number of benzene rings is 2. The quantitative estimate of drug-likeness (QED) is 0.285. The molecule has 0 fully saturated rings. The summed E-state index contributed by atoms with van der Waals surface area (Å²) in [5.41, 5.74) is 6.14. The van der Waals surface area contributed by atoms with Crippen LogP contribution in [-0.2, 0) is 18.9 Å². The predicted octanol–water partition coefficient (Wildman–Crippen LogP) is 4.91. The molecule has 1 aromatic heterocycles. The average Bonchev–Trinajstić information content (AvgIpc) is 2.85. The number of rotatable bonds is 15. The Balaban J connectivity index is 1.78. The van der Waals surface area contributed by atoms with Crippen LogP contribution < -0.4 is 9.47 Å². The van der Waals surface area contributed by atoms with Crippen molar-refractivity contribution in [2.45, 2.75) is 20.8 Å². The summed E-state index contributed by atoms with van der Waals surface area (Å²) < 4.78 is 33.1. The van der Waals surface area contributed by atoms with Crippen molar-refractivity contribution in [3.63, 3.8) is 0 Å². The van der Waals surface area contributed by atoms with Crippen LogP contribution in [0.2, 0.25) is 0 Å². The number of pyridine rings is 1. The lowest BCUT2D eigenvalue weighted by Crippen LogP contribution is -2.11. The molecule has 0 amide bonds. The van der Waals surface area contributed by atoms with Gasteiger partial charge >= 0.3 is 0 Å². The molecule has 0 bridgehead atoms. The molecule has 0 aliphatic heterocycles. The van der Waals surface area contributed by atoms with Crippen molar-refractivity contribution in [3.8, 4) is 22.6 Å². The zero-order chi connectivity index (χ0) is 25.0. The highest BCUT2D eigenvalue weighted by molar-refractivity contribution is 5.98. The molecule has 35 heavy (non-hydrogen) atoms. The van der Waals surface area contributed by atoms with E-state index in [9.17, 15) is 0 Å². The Morgan fingerprint density at radius 2 is 1.31 bits per heavy atom. The molecule has 0 aliphatic rings. The van der Waals surface area contributed by atoms with Crippen molar-refractivity contribution in [3.05, 3.63) is 53.2 Å². The number of hydrogen-bond donors (Lipinski definition) is 0. The van der Waals surface area contributed by atoms with Crippen LogP contribution in [0.25, 0.3) is 22.0 Å². The van der Waals surface area contributed by atoms with Gasteiger partial charge in [0.2, 0.25) is 0 Å². The molecule has 0 saturated heterocycles. The molecule has 7 heteroatoms. The summed E-state index contributed by atoms with van der Waals surface area (Å²) in [6, 6.07) is 12.6. The fourth-order valence-corrected chi connectivity index (χ4v) is 3.80. The van der Waals surface area contributed by atoms with Crippen molar-refractivity contribution >= 4 is 10.9 Å². The number of aromatic nitrogens is 1. The van der Waals surface area contributed by atoms with E-state index in [1.165, 1.54) is 0 Å². The number of nitrogens with zero attached hydrogens (tertiary/aromatic N) is 1. The number of aryl methyl sites for hydroxylation is 3. The van der Waals surface area contributed by atoms with Crippen molar-refractivity contribution in [1.29, 1.82) is 0 Å². The summed E-state index contributed by atoms with van der Waals surface area (Å²) in [5.74, 6) is 1.65. The highest BCUT2D eigenvalue weighted by atomic mass is 16.5. The zero-order valence-corrected chi connectivity index (χ0v) is 21.5. The molecule has 1 heterocycles. The van der Waals surface area contributed by atoms with Crippen molar-refractivity contribution in [1.82, 2.24) is 4.98 Å². The molecule has 0 unspecified atom stereocenters. The van der Waals surface area contributed by atoms with Crippen molar-refractivity contribution in [2.75, 3.05) is 67.1 Å². The molecular weight excluding hydrogens is 446 g/mol. The van der Waals surface area contributed by atoms with Crippen LogP contribution in [0.1, 0.15) is 16.8 Å². The van der Waals surface area contributed by atoms with E-state index in [0.717, 1.165) is 50.3 Å². The Hall–Kier alpha value is -2.71. The summed E-state index contributed by atoms with van der Waals surface area (Å²) >= 11 is 0. The predicted molar refractivity (Wildman–Crippen MR) is 138 cm³/mol. The van der Waals surface area contributed by atoms with E-state index in [1.807, 2.05) is 19.9 Å². The van der Waals surface area contributed by atoms with Gasteiger partial charge in [-0.05, 0) is 61.2 Å². The number of fused-ring (bicyclic) bond motifs is 1. The summed E-state index contributed by atoms with van der Waals surface area (Å²) in [6.07, 6.45) is 0. The molecule has 0 saturated carbocycles. The van der Waals surface area contributed by atoms with Crippen molar-refractivity contribution in [2.24, 2.45) is 0 Å². The fraction of sp³-hybridized carbons (Fsp3) is 0.464. The molecule has 7 nitrogen and oxygen atoms in total. The Labute approximate surface area is 208 Å². The minimum atomic E-state index is 0.453. The lowest BCUT2D eigenvalue weighted by atomic mass is 9.97. The first-order valence-electron chi connectivity index (χ1n) is 12.0. The van der Waals surface area contributed by atoms with Gasteiger partial charge in [-0.25, -0.2) is 4.98 Å². The molecule has 0 radical (unpaired) electrons. The Kier molecular flexibility index (Phi) is 10.8. The minimum Gasteiger partial charge on any atom is -0.491 e. The number of hydrogen-bond acceptors (Lipinski definition) is 7. The van der Waals surface area contributed by atoms with Gasteiger partial charge in [0.1, 0.15) is 30.2 Å². The second-order valence-electron chi connectivity index (χ2n) is 8.31. The molecule has 2 aromatic carbocycles. The Morgan fingerprint density at radius 1 is 0.657 bits per heavy atom. The first kappa shape index (κ1) is 26.9. The largest absolute Gasteiger partial charge is 0.491 e. The van der Waals surface area contributed by atoms with Crippen LogP contribution in [0.4, 0.5) is 0 Å². The minimum absolute atomic E-state index is 0.453. The molecule has 0 N–H and O–H groups in total. The van der Waals surface area contributed by atoms with Gasteiger partial charge in [-0.1, -0.05) is 18.2 Å². The first-order chi connectivity index (χ1) is 17.0. The first-order valence-corrected chi connectivity index (χ1v) is 12.0. The van der Waals surface area contributed by atoms with Crippen LogP contribution >= 0.6 is 0 Å². The topological polar surface area (TPSA) is 68.3 Å². The zero-order valence-electron chi connectivity index (χ0n) is 21.5. The van der Waals surface area contributed by atoms with E-state index in [0.29, 0.717) is 52.9 Å². The van der Waals surface area contributed by atoms with Gasteiger partial charge in [-0.15, -0.1) is 0 Å². The lowest BCUT2D eigenvalue weighted by Gasteiger charge is -2.16. The molecule has 0 atom stereocenters. The third-order valence-corrected chi connectivity index (χ3v) is 5.57. The second kappa shape index (κ2) is 14.0. The van der Waals surface area contributed by atoms with Crippen LogP contribution in [0.5, 0.6) is 11.5 Å². The van der Waals surface area contributed by atoms with Crippen molar-refractivity contribution < 1.29 is 28.4 Å². The van der Waals surface area contributed by atoms with E-state index in [1.54, 1.807) is 14.2 Å². The third-order valence-electron chi connectivity index (χ3n) is 5.57. The molecule has 0 spiro atoms. The number of ether oxygens (including phenoxy) is 6. The lowest BCUT2D eigenvalue weighted by molar-refractivity contribution is 0.0543. The highest BCUT2D eigenvalue weighted by Gasteiger charge is 2.14. The maximum absolute atomic E-state index is 6.13. The maximum Gasteiger partial charge on any atom is 0.148 e. The van der Waals surface area contributed by atoms with Gasteiger partial charge in [0.05, 0.1) is 39.6 Å². The normalized spacial score (nSPS) is 11.2.